The molecule has 1 aliphatic heterocycles. The van der Waals surface area contributed by atoms with Crippen LogP contribution in [0, 0.1) is 5.92 Å². The molecular weight excluding hydrogens is 278 g/mol. The Morgan fingerprint density at radius 3 is 2.55 bits per heavy atom. The van der Waals surface area contributed by atoms with Crippen LogP contribution < -0.4 is 11.1 Å². The predicted molar refractivity (Wildman–Crippen MR) is 86.2 cm³/mol. The summed E-state index contributed by atoms with van der Waals surface area (Å²) in [5.41, 5.74) is 6.89. The Balaban J connectivity index is 1.84. The second kappa shape index (κ2) is 7.40. The minimum Gasteiger partial charge on any atom is -0.366 e. The van der Waals surface area contributed by atoms with Crippen LogP contribution in [-0.2, 0) is 11.3 Å². The van der Waals surface area contributed by atoms with Gasteiger partial charge in [0.05, 0.1) is 0 Å². The highest BCUT2D eigenvalue weighted by Gasteiger charge is 2.27. The molecule has 2 amide bonds. The van der Waals surface area contributed by atoms with Crippen molar-refractivity contribution in [3.63, 3.8) is 0 Å². The molecule has 2 atom stereocenters. The summed E-state index contributed by atoms with van der Waals surface area (Å²) in [4.78, 5) is 24.8. The van der Waals surface area contributed by atoms with Gasteiger partial charge in [-0.2, -0.15) is 0 Å². The van der Waals surface area contributed by atoms with Crippen molar-refractivity contribution < 1.29 is 9.59 Å². The SMILES string of the molecule is CCC(=O)N1CC[C@H](NCc2ccc(C(N)=O)cc2)[C@H](C)C1. The van der Waals surface area contributed by atoms with E-state index in [-0.39, 0.29) is 5.91 Å². The fourth-order valence-corrected chi connectivity index (χ4v) is 2.93. The van der Waals surface area contributed by atoms with Gasteiger partial charge < -0.3 is 16.0 Å². The Hall–Kier alpha value is -1.88. The standard InChI is InChI=1S/C17H25N3O2/c1-3-16(21)20-9-8-15(12(2)11-20)19-10-13-4-6-14(7-5-13)17(18)22/h4-7,12,15,19H,3,8-11H2,1-2H3,(H2,18,22)/t12-,15+/m1/s1. The summed E-state index contributed by atoms with van der Waals surface area (Å²) in [6.45, 7) is 6.51. The number of carbonyl (C=O) groups excluding carboxylic acids is 2. The molecule has 5 heteroatoms. The van der Waals surface area contributed by atoms with E-state index in [1.807, 2.05) is 24.0 Å². The average Bonchev–Trinajstić information content (AvgIpc) is 2.53. The molecule has 0 radical (unpaired) electrons. The van der Waals surface area contributed by atoms with Gasteiger partial charge in [0.1, 0.15) is 0 Å². The first-order valence-corrected chi connectivity index (χ1v) is 7.91. The molecule has 3 N–H and O–H groups in total. The number of carbonyl (C=O) groups is 2. The number of rotatable bonds is 5. The van der Waals surface area contributed by atoms with Gasteiger partial charge in [0.2, 0.25) is 11.8 Å². The molecule has 1 fully saturated rings. The van der Waals surface area contributed by atoms with Crippen molar-refractivity contribution >= 4 is 11.8 Å². The number of hydrogen-bond donors (Lipinski definition) is 2. The molecule has 0 aliphatic carbocycles. The smallest absolute Gasteiger partial charge is 0.248 e. The van der Waals surface area contributed by atoms with E-state index in [1.165, 1.54) is 0 Å². The van der Waals surface area contributed by atoms with Crippen molar-refractivity contribution in [3.8, 4) is 0 Å². The van der Waals surface area contributed by atoms with Gasteiger partial charge >= 0.3 is 0 Å². The van der Waals surface area contributed by atoms with E-state index >= 15 is 0 Å². The van der Waals surface area contributed by atoms with Crippen molar-refractivity contribution in [2.45, 2.75) is 39.3 Å². The van der Waals surface area contributed by atoms with E-state index < -0.39 is 5.91 Å². The highest BCUT2D eigenvalue weighted by molar-refractivity contribution is 5.92. The summed E-state index contributed by atoms with van der Waals surface area (Å²) < 4.78 is 0. The number of primary amides is 1. The van der Waals surface area contributed by atoms with Crippen LogP contribution in [0.1, 0.15) is 42.6 Å². The molecule has 0 saturated carbocycles. The lowest BCUT2D eigenvalue weighted by atomic mass is 9.93. The van der Waals surface area contributed by atoms with E-state index in [2.05, 4.69) is 12.2 Å². The third kappa shape index (κ3) is 4.07. The van der Waals surface area contributed by atoms with Gasteiger partial charge in [-0.1, -0.05) is 26.0 Å². The number of likely N-dealkylation sites (tertiary alicyclic amines) is 1. The van der Waals surface area contributed by atoms with E-state index in [1.54, 1.807) is 12.1 Å². The first kappa shape index (κ1) is 16.5. The largest absolute Gasteiger partial charge is 0.366 e. The van der Waals surface area contributed by atoms with Gasteiger partial charge in [-0.25, -0.2) is 0 Å². The predicted octanol–water partition coefficient (Wildman–Crippen LogP) is 1.52. The number of nitrogens with one attached hydrogen (secondary N) is 1. The van der Waals surface area contributed by atoms with Gasteiger partial charge in [0.25, 0.3) is 0 Å². The van der Waals surface area contributed by atoms with E-state index in [0.29, 0.717) is 23.9 Å². The maximum Gasteiger partial charge on any atom is 0.248 e. The zero-order valence-electron chi connectivity index (χ0n) is 13.3. The second-order valence-electron chi connectivity index (χ2n) is 6.01. The minimum atomic E-state index is -0.402. The number of nitrogens with zero attached hydrogens (tertiary/aromatic N) is 1. The molecule has 0 bridgehead atoms. The zero-order valence-corrected chi connectivity index (χ0v) is 13.3. The Bertz CT molecular complexity index is 527. The summed E-state index contributed by atoms with van der Waals surface area (Å²) in [6.07, 6.45) is 1.56. The molecule has 120 valence electrons. The van der Waals surface area contributed by atoms with Gasteiger partial charge in [0.15, 0.2) is 0 Å². The van der Waals surface area contributed by atoms with Gasteiger partial charge in [0, 0.05) is 37.7 Å². The highest BCUT2D eigenvalue weighted by Crippen LogP contribution is 2.18. The fourth-order valence-electron chi connectivity index (χ4n) is 2.93. The molecule has 5 nitrogen and oxygen atoms in total. The number of amides is 2. The van der Waals surface area contributed by atoms with Crippen molar-refractivity contribution in [1.29, 1.82) is 0 Å². The number of benzene rings is 1. The molecule has 2 rings (SSSR count). The Kier molecular flexibility index (Phi) is 5.55. The minimum absolute atomic E-state index is 0.243. The third-order valence-corrected chi connectivity index (χ3v) is 4.37. The molecule has 1 aromatic rings. The van der Waals surface area contributed by atoms with Gasteiger partial charge in [-0.15, -0.1) is 0 Å². The molecular formula is C17H25N3O2. The highest BCUT2D eigenvalue weighted by atomic mass is 16.2. The van der Waals surface area contributed by atoms with Crippen LogP contribution in [0.15, 0.2) is 24.3 Å². The molecule has 1 saturated heterocycles. The van der Waals surface area contributed by atoms with E-state index in [4.69, 9.17) is 5.73 Å². The maximum absolute atomic E-state index is 11.8. The second-order valence-corrected chi connectivity index (χ2v) is 6.01. The first-order valence-electron chi connectivity index (χ1n) is 7.91. The summed E-state index contributed by atoms with van der Waals surface area (Å²) in [7, 11) is 0. The number of hydrogen-bond acceptors (Lipinski definition) is 3. The lowest BCUT2D eigenvalue weighted by molar-refractivity contribution is -0.132. The summed E-state index contributed by atoms with van der Waals surface area (Å²) in [5.74, 6) is 0.280. The fraction of sp³-hybridized carbons (Fsp3) is 0.529. The lowest BCUT2D eigenvalue weighted by Gasteiger charge is -2.37. The third-order valence-electron chi connectivity index (χ3n) is 4.37. The number of nitrogens with two attached hydrogens (primary N) is 1. The lowest BCUT2D eigenvalue weighted by Crippen LogP contribution is -2.49. The van der Waals surface area contributed by atoms with E-state index in [9.17, 15) is 9.59 Å². The van der Waals surface area contributed by atoms with Crippen molar-refractivity contribution in [2.24, 2.45) is 11.7 Å². The molecule has 1 aliphatic rings. The Morgan fingerprint density at radius 2 is 2.00 bits per heavy atom. The molecule has 1 aromatic carbocycles. The van der Waals surface area contributed by atoms with Gasteiger partial charge in [-0.3, -0.25) is 9.59 Å². The van der Waals surface area contributed by atoms with Crippen LogP contribution in [-0.4, -0.2) is 35.8 Å². The topological polar surface area (TPSA) is 75.4 Å². The van der Waals surface area contributed by atoms with Gasteiger partial charge in [-0.05, 0) is 30.0 Å². The molecule has 22 heavy (non-hydrogen) atoms. The van der Waals surface area contributed by atoms with Crippen LogP contribution in [0.3, 0.4) is 0 Å². The average molecular weight is 303 g/mol. The van der Waals surface area contributed by atoms with Crippen molar-refractivity contribution in [3.05, 3.63) is 35.4 Å². The monoisotopic (exact) mass is 303 g/mol. The Morgan fingerprint density at radius 1 is 1.32 bits per heavy atom. The molecule has 0 aromatic heterocycles. The van der Waals surface area contributed by atoms with Crippen LogP contribution >= 0.6 is 0 Å². The van der Waals surface area contributed by atoms with Crippen LogP contribution in [0.4, 0.5) is 0 Å². The first-order chi connectivity index (χ1) is 10.5. The van der Waals surface area contributed by atoms with Crippen LogP contribution in [0.25, 0.3) is 0 Å². The van der Waals surface area contributed by atoms with Crippen molar-refractivity contribution in [1.82, 2.24) is 10.2 Å². The summed E-state index contributed by atoms with van der Waals surface area (Å²) in [5, 5.41) is 3.56. The quantitative estimate of drug-likeness (QED) is 0.866. The normalized spacial score (nSPS) is 21.6. The van der Waals surface area contributed by atoms with Crippen LogP contribution in [0.5, 0.6) is 0 Å². The van der Waals surface area contributed by atoms with Crippen LogP contribution in [0.2, 0.25) is 0 Å². The zero-order chi connectivity index (χ0) is 16.1. The van der Waals surface area contributed by atoms with E-state index in [0.717, 1.165) is 31.6 Å². The summed E-state index contributed by atoms with van der Waals surface area (Å²) >= 11 is 0. The van der Waals surface area contributed by atoms with Crippen molar-refractivity contribution in [2.75, 3.05) is 13.1 Å². The molecule has 0 spiro atoms. The molecule has 1 heterocycles. The number of piperidine rings is 1. The maximum atomic E-state index is 11.8. The molecule has 0 unspecified atom stereocenters. The Labute approximate surface area is 131 Å². The summed E-state index contributed by atoms with van der Waals surface area (Å²) in [6, 6.07) is 7.77.